The van der Waals surface area contributed by atoms with Crippen LogP contribution in [0, 0.1) is 11.3 Å². The standard InChI is InChI=1S/C9H14O2/c1-6-3-9(4-6)5-7(10)2-8(9)11/h6,8,11H,2-5H2,1H3. The van der Waals surface area contributed by atoms with Crippen molar-refractivity contribution in [1.29, 1.82) is 0 Å². The number of carbonyl (C=O) groups is 1. The van der Waals surface area contributed by atoms with Crippen LogP contribution in [0.25, 0.3) is 0 Å². The van der Waals surface area contributed by atoms with Gasteiger partial charge in [-0.3, -0.25) is 4.79 Å². The second-order valence-corrected chi connectivity index (χ2v) is 4.31. The Morgan fingerprint density at radius 2 is 2.18 bits per heavy atom. The van der Waals surface area contributed by atoms with E-state index < -0.39 is 0 Å². The molecular weight excluding hydrogens is 140 g/mol. The Hall–Kier alpha value is -0.370. The van der Waals surface area contributed by atoms with Gasteiger partial charge in [0.05, 0.1) is 6.10 Å². The molecule has 2 fully saturated rings. The SMILES string of the molecule is CC1CC2(CC(=O)CC2O)C1. The van der Waals surface area contributed by atoms with Crippen LogP contribution in [-0.2, 0) is 4.79 Å². The fraction of sp³-hybridized carbons (Fsp3) is 0.889. The molecule has 2 aliphatic carbocycles. The lowest BCUT2D eigenvalue weighted by Gasteiger charge is -2.45. The lowest BCUT2D eigenvalue weighted by molar-refractivity contribution is -0.118. The first-order valence-electron chi connectivity index (χ1n) is 4.32. The van der Waals surface area contributed by atoms with Crippen molar-refractivity contribution in [2.45, 2.75) is 38.7 Å². The molecule has 2 heteroatoms. The molecule has 1 N–H and O–H groups in total. The molecule has 0 amide bonds. The summed E-state index contributed by atoms with van der Waals surface area (Å²) in [7, 11) is 0. The molecule has 1 unspecified atom stereocenters. The molecule has 2 saturated carbocycles. The van der Waals surface area contributed by atoms with Crippen LogP contribution in [0.15, 0.2) is 0 Å². The van der Waals surface area contributed by atoms with E-state index in [9.17, 15) is 9.90 Å². The average molecular weight is 154 g/mol. The monoisotopic (exact) mass is 154 g/mol. The molecule has 1 atom stereocenters. The molecule has 0 aromatic heterocycles. The third kappa shape index (κ3) is 0.924. The molecule has 2 aliphatic rings. The van der Waals surface area contributed by atoms with Crippen LogP contribution < -0.4 is 0 Å². The van der Waals surface area contributed by atoms with E-state index in [0.717, 1.165) is 18.8 Å². The van der Waals surface area contributed by atoms with Crippen molar-refractivity contribution in [2.75, 3.05) is 0 Å². The minimum absolute atomic E-state index is 0.0243. The molecule has 2 nitrogen and oxygen atoms in total. The highest BCUT2D eigenvalue weighted by Gasteiger charge is 2.52. The lowest BCUT2D eigenvalue weighted by Crippen LogP contribution is -2.41. The highest BCUT2D eigenvalue weighted by atomic mass is 16.3. The molecule has 0 aromatic carbocycles. The van der Waals surface area contributed by atoms with Gasteiger partial charge in [0, 0.05) is 18.3 Å². The van der Waals surface area contributed by atoms with E-state index in [1.54, 1.807) is 0 Å². The Morgan fingerprint density at radius 3 is 2.55 bits per heavy atom. The summed E-state index contributed by atoms with van der Waals surface area (Å²) in [6.45, 7) is 2.18. The minimum Gasteiger partial charge on any atom is -0.392 e. The van der Waals surface area contributed by atoms with Crippen LogP contribution in [0.4, 0.5) is 0 Å². The fourth-order valence-electron chi connectivity index (χ4n) is 2.76. The Balaban J connectivity index is 2.10. The van der Waals surface area contributed by atoms with E-state index in [1.807, 2.05) is 0 Å². The van der Waals surface area contributed by atoms with E-state index >= 15 is 0 Å². The normalized spacial score (nSPS) is 49.8. The predicted octanol–water partition coefficient (Wildman–Crippen LogP) is 1.13. The number of rotatable bonds is 0. The van der Waals surface area contributed by atoms with E-state index in [-0.39, 0.29) is 17.3 Å². The maximum absolute atomic E-state index is 11.0. The van der Waals surface area contributed by atoms with Gasteiger partial charge in [0.2, 0.25) is 0 Å². The zero-order chi connectivity index (χ0) is 8.06. The van der Waals surface area contributed by atoms with E-state index in [1.165, 1.54) is 0 Å². The summed E-state index contributed by atoms with van der Waals surface area (Å²) in [5.74, 6) is 0.972. The Labute approximate surface area is 66.6 Å². The molecule has 0 aromatic rings. The first-order valence-corrected chi connectivity index (χ1v) is 4.32. The fourth-order valence-corrected chi connectivity index (χ4v) is 2.76. The smallest absolute Gasteiger partial charge is 0.136 e. The van der Waals surface area contributed by atoms with Gasteiger partial charge in [0.25, 0.3) is 0 Å². The molecule has 0 radical (unpaired) electrons. The van der Waals surface area contributed by atoms with Gasteiger partial charge >= 0.3 is 0 Å². The second-order valence-electron chi connectivity index (χ2n) is 4.31. The Morgan fingerprint density at radius 1 is 1.55 bits per heavy atom. The molecule has 0 bridgehead atoms. The van der Waals surface area contributed by atoms with Gasteiger partial charge in [-0.05, 0) is 18.8 Å². The van der Waals surface area contributed by atoms with Crippen LogP contribution in [0.3, 0.4) is 0 Å². The highest BCUT2D eigenvalue weighted by molar-refractivity contribution is 5.82. The number of Topliss-reactive ketones (excluding diaryl/α,β-unsaturated/α-hetero) is 1. The summed E-state index contributed by atoms with van der Waals surface area (Å²) in [6, 6.07) is 0. The third-order valence-corrected chi connectivity index (χ3v) is 3.19. The summed E-state index contributed by atoms with van der Waals surface area (Å²) in [6.07, 6.45) is 2.83. The van der Waals surface area contributed by atoms with Gasteiger partial charge < -0.3 is 5.11 Å². The van der Waals surface area contributed by atoms with E-state index in [2.05, 4.69) is 6.92 Å². The number of ketones is 1. The quantitative estimate of drug-likeness (QED) is 0.568. The van der Waals surface area contributed by atoms with Crippen LogP contribution in [0.1, 0.15) is 32.6 Å². The van der Waals surface area contributed by atoms with Crippen molar-refractivity contribution in [3.8, 4) is 0 Å². The van der Waals surface area contributed by atoms with Gasteiger partial charge in [-0.15, -0.1) is 0 Å². The number of aliphatic hydroxyl groups is 1. The highest BCUT2D eigenvalue weighted by Crippen LogP contribution is 2.54. The van der Waals surface area contributed by atoms with Crippen LogP contribution in [0.2, 0.25) is 0 Å². The number of hydrogen-bond acceptors (Lipinski definition) is 2. The molecular formula is C9H14O2. The van der Waals surface area contributed by atoms with Crippen molar-refractivity contribution >= 4 is 5.78 Å². The molecule has 11 heavy (non-hydrogen) atoms. The zero-order valence-corrected chi connectivity index (χ0v) is 6.84. The van der Waals surface area contributed by atoms with Gasteiger partial charge in [-0.25, -0.2) is 0 Å². The van der Waals surface area contributed by atoms with Crippen molar-refractivity contribution in [2.24, 2.45) is 11.3 Å². The zero-order valence-electron chi connectivity index (χ0n) is 6.84. The summed E-state index contributed by atoms with van der Waals surface area (Å²) >= 11 is 0. The van der Waals surface area contributed by atoms with Gasteiger partial charge in [-0.2, -0.15) is 0 Å². The molecule has 62 valence electrons. The topological polar surface area (TPSA) is 37.3 Å². The summed E-state index contributed by atoms with van der Waals surface area (Å²) < 4.78 is 0. The minimum atomic E-state index is -0.328. The van der Waals surface area contributed by atoms with Crippen molar-refractivity contribution in [3.05, 3.63) is 0 Å². The Kier molecular flexibility index (Phi) is 1.37. The molecule has 0 heterocycles. The first kappa shape index (κ1) is 7.29. The van der Waals surface area contributed by atoms with Gasteiger partial charge in [0.15, 0.2) is 0 Å². The van der Waals surface area contributed by atoms with Crippen molar-refractivity contribution in [1.82, 2.24) is 0 Å². The van der Waals surface area contributed by atoms with Gasteiger partial charge in [0.1, 0.15) is 5.78 Å². The largest absolute Gasteiger partial charge is 0.392 e. The van der Waals surface area contributed by atoms with Crippen molar-refractivity contribution < 1.29 is 9.90 Å². The average Bonchev–Trinajstić information content (AvgIpc) is 2.06. The number of aliphatic hydroxyl groups excluding tert-OH is 1. The predicted molar refractivity (Wildman–Crippen MR) is 41.1 cm³/mol. The lowest BCUT2D eigenvalue weighted by atomic mass is 9.60. The third-order valence-electron chi connectivity index (χ3n) is 3.19. The van der Waals surface area contributed by atoms with Gasteiger partial charge in [-0.1, -0.05) is 6.92 Å². The molecule has 0 aliphatic heterocycles. The summed E-state index contributed by atoms with van der Waals surface area (Å²) in [5.41, 5.74) is 0.0243. The van der Waals surface area contributed by atoms with E-state index in [0.29, 0.717) is 12.8 Å². The molecule has 0 saturated heterocycles. The first-order chi connectivity index (χ1) is 5.12. The van der Waals surface area contributed by atoms with Crippen LogP contribution in [0.5, 0.6) is 0 Å². The van der Waals surface area contributed by atoms with E-state index in [4.69, 9.17) is 0 Å². The molecule has 1 spiro atoms. The maximum atomic E-state index is 11.0. The number of hydrogen-bond donors (Lipinski definition) is 1. The maximum Gasteiger partial charge on any atom is 0.136 e. The molecule has 2 rings (SSSR count). The van der Waals surface area contributed by atoms with Crippen LogP contribution in [-0.4, -0.2) is 17.0 Å². The summed E-state index contributed by atoms with van der Waals surface area (Å²) in [5, 5.41) is 9.57. The van der Waals surface area contributed by atoms with Crippen LogP contribution >= 0.6 is 0 Å². The number of carbonyl (C=O) groups excluding carboxylic acids is 1. The van der Waals surface area contributed by atoms with Crippen molar-refractivity contribution in [3.63, 3.8) is 0 Å². The summed E-state index contributed by atoms with van der Waals surface area (Å²) in [4.78, 5) is 11.0. The Bertz CT molecular complexity index is 192. The second kappa shape index (κ2) is 2.07.